The van der Waals surface area contributed by atoms with Crippen LogP contribution in [0.4, 0.5) is 0 Å². The van der Waals surface area contributed by atoms with Gasteiger partial charge in [0.15, 0.2) is 0 Å². The van der Waals surface area contributed by atoms with E-state index < -0.39 is 0 Å². The fraction of sp³-hybridized carbons (Fsp3) is 0.682. The number of hydrogen-bond acceptors (Lipinski definition) is 2. The lowest BCUT2D eigenvalue weighted by molar-refractivity contribution is -0.141. The molecule has 1 fully saturated rings. The van der Waals surface area contributed by atoms with Gasteiger partial charge in [-0.1, -0.05) is 71.2 Å². The quantitative estimate of drug-likeness (QED) is 0.620. The minimum absolute atomic E-state index is 0.166. The fourth-order valence-electron chi connectivity index (χ4n) is 3.95. The maximum atomic E-state index is 11.3. The van der Waals surface area contributed by atoms with Gasteiger partial charge in [0.1, 0.15) is 0 Å². The van der Waals surface area contributed by atoms with Crippen LogP contribution in [0.15, 0.2) is 24.3 Å². The van der Waals surface area contributed by atoms with Gasteiger partial charge in [-0.2, -0.15) is 0 Å². The molecular formula is C22H34O2. The van der Waals surface area contributed by atoms with E-state index in [1.165, 1.54) is 50.2 Å². The first-order valence-electron chi connectivity index (χ1n) is 9.43. The van der Waals surface area contributed by atoms with Gasteiger partial charge in [0.2, 0.25) is 0 Å². The SMILES string of the molecule is CC(=O)OC[C@H](CC1(C)CCCCC1)c1ccc(C(C)(C)C)cc1. The molecule has 2 rings (SSSR count). The number of ether oxygens (including phenoxy) is 1. The van der Waals surface area contributed by atoms with Crippen LogP contribution in [-0.4, -0.2) is 12.6 Å². The van der Waals surface area contributed by atoms with Gasteiger partial charge in [-0.15, -0.1) is 0 Å². The summed E-state index contributed by atoms with van der Waals surface area (Å²) in [4.78, 5) is 11.3. The molecule has 0 N–H and O–H groups in total. The molecule has 0 unspecified atom stereocenters. The summed E-state index contributed by atoms with van der Waals surface area (Å²) in [6.07, 6.45) is 7.73. The van der Waals surface area contributed by atoms with Crippen LogP contribution in [0, 0.1) is 5.41 Å². The van der Waals surface area contributed by atoms with Crippen LogP contribution in [-0.2, 0) is 14.9 Å². The molecule has 0 aromatic heterocycles. The van der Waals surface area contributed by atoms with Crippen molar-refractivity contribution >= 4 is 5.97 Å². The largest absolute Gasteiger partial charge is 0.465 e. The summed E-state index contributed by atoms with van der Waals surface area (Å²) in [6.45, 7) is 11.1. The molecule has 24 heavy (non-hydrogen) atoms. The smallest absolute Gasteiger partial charge is 0.302 e. The van der Waals surface area contributed by atoms with Crippen LogP contribution in [0.25, 0.3) is 0 Å². The number of benzene rings is 1. The zero-order valence-corrected chi connectivity index (χ0v) is 16.2. The Kier molecular flexibility index (Phi) is 6.11. The van der Waals surface area contributed by atoms with Gasteiger partial charge >= 0.3 is 5.97 Å². The van der Waals surface area contributed by atoms with Crippen molar-refractivity contribution in [3.05, 3.63) is 35.4 Å². The molecule has 2 nitrogen and oxygen atoms in total. The summed E-state index contributed by atoms with van der Waals surface area (Å²) in [5.41, 5.74) is 3.20. The third kappa shape index (κ3) is 5.36. The van der Waals surface area contributed by atoms with E-state index in [9.17, 15) is 4.79 Å². The van der Waals surface area contributed by atoms with Crippen LogP contribution >= 0.6 is 0 Å². The van der Waals surface area contributed by atoms with Crippen LogP contribution in [0.3, 0.4) is 0 Å². The van der Waals surface area contributed by atoms with Gasteiger partial charge < -0.3 is 4.74 Å². The number of hydrogen-bond donors (Lipinski definition) is 0. The van der Waals surface area contributed by atoms with E-state index in [2.05, 4.69) is 52.0 Å². The second kappa shape index (κ2) is 7.72. The first-order valence-corrected chi connectivity index (χ1v) is 9.43. The molecule has 134 valence electrons. The molecule has 1 aliphatic rings. The van der Waals surface area contributed by atoms with E-state index in [0.29, 0.717) is 17.9 Å². The molecule has 0 bridgehead atoms. The molecule has 1 saturated carbocycles. The summed E-state index contributed by atoms with van der Waals surface area (Å²) < 4.78 is 5.40. The van der Waals surface area contributed by atoms with Crippen LogP contribution in [0.2, 0.25) is 0 Å². The number of carbonyl (C=O) groups excluding carboxylic acids is 1. The summed E-state index contributed by atoms with van der Waals surface area (Å²) in [7, 11) is 0. The van der Waals surface area contributed by atoms with Crippen molar-refractivity contribution < 1.29 is 9.53 Å². The van der Waals surface area contributed by atoms with Crippen molar-refractivity contribution in [1.29, 1.82) is 0 Å². The van der Waals surface area contributed by atoms with E-state index in [-0.39, 0.29) is 11.4 Å². The van der Waals surface area contributed by atoms with Gasteiger partial charge in [-0.05, 0) is 41.2 Å². The first-order chi connectivity index (χ1) is 11.2. The second-order valence-electron chi connectivity index (χ2n) is 8.95. The van der Waals surface area contributed by atoms with Crippen LogP contribution < -0.4 is 0 Å². The standard InChI is InChI=1S/C22H34O2/c1-17(23)24-16-19(15-22(5)13-7-6-8-14-22)18-9-11-20(12-10-18)21(2,3)4/h9-12,19H,6-8,13-16H2,1-5H3/t19-/m0/s1. The Hall–Kier alpha value is -1.31. The minimum Gasteiger partial charge on any atom is -0.465 e. The highest BCUT2D eigenvalue weighted by Crippen LogP contribution is 2.43. The maximum Gasteiger partial charge on any atom is 0.302 e. The highest BCUT2D eigenvalue weighted by molar-refractivity contribution is 5.65. The lowest BCUT2D eigenvalue weighted by Gasteiger charge is -2.37. The lowest BCUT2D eigenvalue weighted by Crippen LogP contribution is -2.25. The lowest BCUT2D eigenvalue weighted by atomic mass is 9.69. The molecular weight excluding hydrogens is 296 g/mol. The molecule has 1 aliphatic carbocycles. The Balaban J connectivity index is 2.17. The molecule has 2 heteroatoms. The highest BCUT2D eigenvalue weighted by atomic mass is 16.5. The van der Waals surface area contributed by atoms with E-state index in [4.69, 9.17) is 4.74 Å². The Bertz CT molecular complexity index is 530. The molecule has 1 aromatic carbocycles. The summed E-state index contributed by atoms with van der Waals surface area (Å²) in [5.74, 6) is 0.117. The van der Waals surface area contributed by atoms with E-state index in [1.54, 1.807) is 0 Å². The molecule has 1 aromatic rings. The van der Waals surface area contributed by atoms with Gasteiger partial charge in [0.05, 0.1) is 6.61 Å². The third-order valence-corrected chi connectivity index (χ3v) is 5.54. The van der Waals surface area contributed by atoms with Crippen molar-refractivity contribution in [2.75, 3.05) is 6.61 Å². The molecule has 0 radical (unpaired) electrons. The average molecular weight is 331 g/mol. The van der Waals surface area contributed by atoms with E-state index in [1.807, 2.05) is 0 Å². The topological polar surface area (TPSA) is 26.3 Å². The van der Waals surface area contributed by atoms with Gasteiger partial charge in [0.25, 0.3) is 0 Å². The Labute approximate surface area is 148 Å². The number of esters is 1. The van der Waals surface area contributed by atoms with Crippen LogP contribution in [0.5, 0.6) is 0 Å². The predicted octanol–water partition coefficient (Wildman–Crippen LogP) is 5.99. The van der Waals surface area contributed by atoms with Crippen molar-refractivity contribution in [3.63, 3.8) is 0 Å². The second-order valence-corrected chi connectivity index (χ2v) is 8.95. The number of carbonyl (C=O) groups is 1. The molecule has 0 aliphatic heterocycles. The third-order valence-electron chi connectivity index (χ3n) is 5.54. The zero-order chi connectivity index (χ0) is 17.8. The molecule has 1 atom stereocenters. The van der Waals surface area contributed by atoms with E-state index in [0.717, 1.165) is 6.42 Å². The maximum absolute atomic E-state index is 11.3. The zero-order valence-electron chi connectivity index (χ0n) is 16.2. The Morgan fingerprint density at radius 3 is 2.21 bits per heavy atom. The van der Waals surface area contributed by atoms with Crippen LogP contribution in [0.1, 0.15) is 90.2 Å². The predicted molar refractivity (Wildman–Crippen MR) is 100 cm³/mol. The number of rotatable bonds is 5. The monoisotopic (exact) mass is 330 g/mol. The summed E-state index contributed by atoms with van der Waals surface area (Å²) in [5, 5.41) is 0. The van der Waals surface area contributed by atoms with E-state index >= 15 is 0 Å². The summed E-state index contributed by atoms with van der Waals surface area (Å²) >= 11 is 0. The molecule has 0 saturated heterocycles. The van der Waals surface area contributed by atoms with Gasteiger partial charge in [0, 0.05) is 12.8 Å². The highest BCUT2D eigenvalue weighted by Gasteiger charge is 2.31. The summed E-state index contributed by atoms with van der Waals surface area (Å²) in [6, 6.07) is 8.94. The van der Waals surface area contributed by atoms with Crippen molar-refractivity contribution in [3.8, 4) is 0 Å². The van der Waals surface area contributed by atoms with Crippen molar-refractivity contribution in [2.45, 2.75) is 84.5 Å². The molecule has 0 spiro atoms. The van der Waals surface area contributed by atoms with Gasteiger partial charge in [-0.25, -0.2) is 0 Å². The van der Waals surface area contributed by atoms with Crippen molar-refractivity contribution in [1.82, 2.24) is 0 Å². The normalized spacial score (nSPS) is 18.9. The molecule has 0 heterocycles. The first kappa shape index (κ1) is 19.0. The van der Waals surface area contributed by atoms with Gasteiger partial charge in [-0.3, -0.25) is 4.79 Å². The Morgan fingerprint density at radius 2 is 1.71 bits per heavy atom. The average Bonchev–Trinajstić information content (AvgIpc) is 2.51. The molecule has 0 amide bonds. The minimum atomic E-state index is -0.180. The fourth-order valence-corrected chi connectivity index (χ4v) is 3.95. The van der Waals surface area contributed by atoms with Crippen molar-refractivity contribution in [2.24, 2.45) is 5.41 Å². The Morgan fingerprint density at radius 1 is 1.12 bits per heavy atom.